The SMILES string of the molecule is COn1cnc2c(NCC(c3ccccc3)c3ccccc3)nc(CN)nc21. The molecular weight excluding hydrogens is 352 g/mol. The molecule has 2 aromatic heterocycles. The number of imidazole rings is 1. The number of aromatic nitrogens is 4. The Morgan fingerprint density at radius 3 is 2.21 bits per heavy atom. The Kier molecular flexibility index (Phi) is 5.16. The fourth-order valence-electron chi connectivity index (χ4n) is 3.27. The highest BCUT2D eigenvalue weighted by molar-refractivity contribution is 5.82. The largest absolute Gasteiger partial charge is 0.414 e. The number of nitrogens with one attached hydrogen (secondary N) is 1. The lowest BCUT2D eigenvalue weighted by atomic mass is 9.91. The third-order valence-electron chi connectivity index (χ3n) is 4.67. The molecule has 7 heteroatoms. The molecule has 0 aliphatic rings. The second-order valence-corrected chi connectivity index (χ2v) is 6.37. The van der Waals surface area contributed by atoms with E-state index in [1.54, 1.807) is 13.4 Å². The molecule has 0 saturated carbocycles. The molecule has 0 radical (unpaired) electrons. The molecule has 4 rings (SSSR count). The summed E-state index contributed by atoms with van der Waals surface area (Å²) in [6, 6.07) is 20.8. The van der Waals surface area contributed by atoms with Gasteiger partial charge in [0.1, 0.15) is 19.3 Å². The van der Waals surface area contributed by atoms with E-state index in [4.69, 9.17) is 10.6 Å². The predicted molar refractivity (Wildman–Crippen MR) is 109 cm³/mol. The molecule has 7 nitrogen and oxygen atoms in total. The molecule has 0 aliphatic carbocycles. The average Bonchev–Trinajstić information content (AvgIpc) is 3.18. The molecule has 0 aliphatic heterocycles. The summed E-state index contributed by atoms with van der Waals surface area (Å²) < 4.78 is 1.51. The van der Waals surface area contributed by atoms with Gasteiger partial charge in [-0.3, -0.25) is 0 Å². The topological polar surface area (TPSA) is 90.9 Å². The molecule has 3 N–H and O–H groups in total. The van der Waals surface area contributed by atoms with Gasteiger partial charge < -0.3 is 15.9 Å². The van der Waals surface area contributed by atoms with Crippen molar-refractivity contribution in [3.8, 4) is 0 Å². The Labute approximate surface area is 163 Å². The van der Waals surface area contributed by atoms with Gasteiger partial charge in [0.25, 0.3) is 0 Å². The van der Waals surface area contributed by atoms with Crippen LogP contribution in [0, 0.1) is 0 Å². The number of fused-ring (bicyclic) bond motifs is 1. The average molecular weight is 374 g/mol. The Bertz CT molecular complexity index is 1010. The van der Waals surface area contributed by atoms with Crippen molar-refractivity contribution < 1.29 is 4.84 Å². The van der Waals surface area contributed by atoms with Crippen LogP contribution in [0.1, 0.15) is 22.9 Å². The molecule has 0 fully saturated rings. The minimum absolute atomic E-state index is 0.165. The van der Waals surface area contributed by atoms with Crippen LogP contribution in [0.4, 0.5) is 5.82 Å². The molecule has 0 spiro atoms. The lowest BCUT2D eigenvalue weighted by Crippen LogP contribution is -2.17. The van der Waals surface area contributed by atoms with Crippen molar-refractivity contribution in [1.29, 1.82) is 0 Å². The van der Waals surface area contributed by atoms with Crippen LogP contribution in [0.25, 0.3) is 11.2 Å². The summed E-state index contributed by atoms with van der Waals surface area (Å²) >= 11 is 0. The van der Waals surface area contributed by atoms with Crippen LogP contribution in [0.3, 0.4) is 0 Å². The summed E-state index contributed by atoms with van der Waals surface area (Å²) in [7, 11) is 1.57. The maximum Gasteiger partial charge on any atom is 0.201 e. The number of anilines is 1. The van der Waals surface area contributed by atoms with Crippen LogP contribution in [-0.4, -0.2) is 33.3 Å². The van der Waals surface area contributed by atoms with Gasteiger partial charge in [-0.15, -0.1) is 0 Å². The Hall–Kier alpha value is -3.45. The summed E-state index contributed by atoms with van der Waals surface area (Å²) in [5.74, 6) is 1.35. The molecule has 0 bridgehead atoms. The van der Waals surface area contributed by atoms with Crippen LogP contribution in [0.15, 0.2) is 67.0 Å². The fraction of sp³-hybridized carbons (Fsp3) is 0.190. The third-order valence-corrected chi connectivity index (χ3v) is 4.67. The molecule has 2 heterocycles. The van der Waals surface area contributed by atoms with Crippen LogP contribution < -0.4 is 15.9 Å². The van der Waals surface area contributed by atoms with Crippen LogP contribution in [-0.2, 0) is 6.54 Å². The van der Waals surface area contributed by atoms with E-state index >= 15 is 0 Å². The summed E-state index contributed by atoms with van der Waals surface area (Å²) in [6.07, 6.45) is 1.58. The van der Waals surface area contributed by atoms with Crippen LogP contribution in [0.2, 0.25) is 0 Å². The van der Waals surface area contributed by atoms with Gasteiger partial charge in [0.15, 0.2) is 11.3 Å². The minimum Gasteiger partial charge on any atom is -0.414 e. The van der Waals surface area contributed by atoms with Crippen molar-refractivity contribution in [2.45, 2.75) is 12.5 Å². The third kappa shape index (κ3) is 3.52. The van der Waals surface area contributed by atoms with Crippen molar-refractivity contribution >= 4 is 17.0 Å². The molecule has 28 heavy (non-hydrogen) atoms. The highest BCUT2D eigenvalue weighted by atomic mass is 16.6. The van der Waals surface area contributed by atoms with E-state index in [1.807, 2.05) is 12.1 Å². The second-order valence-electron chi connectivity index (χ2n) is 6.37. The number of nitrogens with zero attached hydrogens (tertiary/aromatic N) is 4. The number of hydrogen-bond acceptors (Lipinski definition) is 6. The van der Waals surface area contributed by atoms with E-state index in [-0.39, 0.29) is 12.5 Å². The van der Waals surface area contributed by atoms with E-state index in [1.165, 1.54) is 15.9 Å². The monoisotopic (exact) mass is 374 g/mol. The van der Waals surface area contributed by atoms with Crippen molar-refractivity contribution in [3.05, 3.63) is 83.9 Å². The van der Waals surface area contributed by atoms with Crippen molar-refractivity contribution in [1.82, 2.24) is 19.7 Å². The zero-order chi connectivity index (χ0) is 19.3. The standard InChI is InChI=1S/C21H22N6O/c1-28-27-14-24-19-20(25-18(12-22)26-21(19)27)23-13-17(15-8-4-2-5-9-15)16-10-6-3-7-11-16/h2-11,14,17H,12-13,22H2,1H3,(H,23,25,26). The maximum atomic E-state index is 5.78. The van der Waals surface area contributed by atoms with Crippen molar-refractivity contribution in [2.24, 2.45) is 5.73 Å². The minimum atomic E-state index is 0.165. The second kappa shape index (κ2) is 8.06. The normalized spacial score (nSPS) is 11.1. The lowest BCUT2D eigenvalue weighted by Gasteiger charge is -2.19. The first kappa shape index (κ1) is 17.9. The van der Waals surface area contributed by atoms with E-state index in [9.17, 15) is 0 Å². The van der Waals surface area contributed by atoms with Gasteiger partial charge in [0, 0.05) is 12.5 Å². The zero-order valence-corrected chi connectivity index (χ0v) is 15.6. The predicted octanol–water partition coefficient (Wildman–Crippen LogP) is 2.59. The number of nitrogens with two attached hydrogens (primary N) is 1. The molecule has 0 saturated heterocycles. The summed E-state index contributed by atoms with van der Waals surface area (Å²) in [4.78, 5) is 18.7. The van der Waals surface area contributed by atoms with Crippen molar-refractivity contribution in [2.75, 3.05) is 19.0 Å². The molecule has 142 valence electrons. The molecule has 0 atom stereocenters. The van der Waals surface area contributed by atoms with E-state index < -0.39 is 0 Å². The Balaban J connectivity index is 1.69. The molecular formula is C21H22N6O. The summed E-state index contributed by atoms with van der Waals surface area (Å²) in [5.41, 5.74) is 9.49. The smallest absolute Gasteiger partial charge is 0.201 e. The maximum absolute atomic E-state index is 5.78. The summed E-state index contributed by atoms with van der Waals surface area (Å²) in [5, 5.41) is 3.46. The van der Waals surface area contributed by atoms with Crippen molar-refractivity contribution in [3.63, 3.8) is 0 Å². The fourth-order valence-corrected chi connectivity index (χ4v) is 3.27. The van der Waals surface area contributed by atoms with Gasteiger partial charge in [-0.1, -0.05) is 60.7 Å². The first-order chi connectivity index (χ1) is 13.8. The van der Waals surface area contributed by atoms with E-state index in [0.717, 1.165) is 0 Å². The van der Waals surface area contributed by atoms with Gasteiger partial charge in [0.2, 0.25) is 5.65 Å². The number of benzene rings is 2. The zero-order valence-electron chi connectivity index (χ0n) is 15.6. The quantitative estimate of drug-likeness (QED) is 0.517. The van der Waals surface area contributed by atoms with E-state index in [0.29, 0.717) is 29.4 Å². The Morgan fingerprint density at radius 2 is 1.64 bits per heavy atom. The lowest BCUT2D eigenvalue weighted by molar-refractivity contribution is 0.175. The highest BCUT2D eigenvalue weighted by Gasteiger charge is 2.17. The van der Waals surface area contributed by atoms with Gasteiger partial charge in [0.05, 0.1) is 6.54 Å². The highest BCUT2D eigenvalue weighted by Crippen LogP contribution is 2.26. The first-order valence-corrected chi connectivity index (χ1v) is 9.12. The van der Waals surface area contributed by atoms with Crippen LogP contribution >= 0.6 is 0 Å². The van der Waals surface area contributed by atoms with Gasteiger partial charge in [-0.05, 0) is 11.1 Å². The van der Waals surface area contributed by atoms with Gasteiger partial charge in [-0.2, -0.15) is 4.73 Å². The first-order valence-electron chi connectivity index (χ1n) is 9.12. The Morgan fingerprint density at radius 1 is 1.00 bits per heavy atom. The number of hydrogen-bond donors (Lipinski definition) is 2. The van der Waals surface area contributed by atoms with E-state index in [2.05, 4.69) is 68.8 Å². The van der Waals surface area contributed by atoms with Gasteiger partial charge in [-0.25, -0.2) is 15.0 Å². The summed E-state index contributed by atoms with van der Waals surface area (Å²) in [6.45, 7) is 0.893. The molecule has 0 amide bonds. The molecule has 2 aromatic carbocycles. The van der Waals surface area contributed by atoms with Crippen LogP contribution in [0.5, 0.6) is 0 Å². The van der Waals surface area contributed by atoms with Gasteiger partial charge >= 0.3 is 0 Å². The molecule has 0 unspecified atom stereocenters. The number of rotatable bonds is 7. The molecule has 4 aromatic rings.